The largest absolute Gasteiger partial charge is 0.387 e. The standard InChI is InChI=1S/C20H27NO/c1-16(2)13-21(14-18-9-7-8-17(3)12-18)15-20(22)19-10-5-4-6-11-19/h4-12,16,20,22H,13-15H2,1-3H3. The highest BCUT2D eigenvalue weighted by atomic mass is 16.3. The summed E-state index contributed by atoms with van der Waals surface area (Å²) in [4.78, 5) is 2.34. The van der Waals surface area contributed by atoms with Crippen LogP contribution in [0.2, 0.25) is 0 Å². The lowest BCUT2D eigenvalue weighted by Crippen LogP contribution is -2.31. The minimum Gasteiger partial charge on any atom is -0.387 e. The molecule has 2 nitrogen and oxygen atoms in total. The smallest absolute Gasteiger partial charge is 0.0917 e. The van der Waals surface area contributed by atoms with Crippen LogP contribution in [0.1, 0.15) is 36.6 Å². The minimum atomic E-state index is -0.440. The van der Waals surface area contributed by atoms with Gasteiger partial charge in [-0.1, -0.05) is 74.0 Å². The van der Waals surface area contributed by atoms with Crippen LogP contribution in [0.15, 0.2) is 54.6 Å². The highest BCUT2D eigenvalue weighted by Gasteiger charge is 2.15. The van der Waals surface area contributed by atoms with Gasteiger partial charge in [0.2, 0.25) is 0 Å². The summed E-state index contributed by atoms with van der Waals surface area (Å²) in [5, 5.41) is 10.5. The van der Waals surface area contributed by atoms with E-state index in [0.717, 1.165) is 18.7 Å². The lowest BCUT2D eigenvalue weighted by molar-refractivity contribution is 0.102. The third-order valence-electron chi connectivity index (χ3n) is 3.73. The summed E-state index contributed by atoms with van der Waals surface area (Å²) in [6.45, 7) is 9.09. The average Bonchev–Trinajstić information content (AvgIpc) is 2.47. The van der Waals surface area contributed by atoms with Crippen molar-refractivity contribution in [3.63, 3.8) is 0 Å². The second kappa shape index (κ2) is 8.11. The van der Waals surface area contributed by atoms with Crippen LogP contribution in [0.5, 0.6) is 0 Å². The van der Waals surface area contributed by atoms with Gasteiger partial charge < -0.3 is 5.11 Å². The Kier molecular flexibility index (Phi) is 6.17. The number of aryl methyl sites for hydroxylation is 1. The fourth-order valence-corrected chi connectivity index (χ4v) is 2.81. The number of benzene rings is 2. The van der Waals surface area contributed by atoms with E-state index >= 15 is 0 Å². The molecular formula is C20H27NO. The average molecular weight is 297 g/mol. The van der Waals surface area contributed by atoms with E-state index in [2.05, 4.69) is 49.9 Å². The number of hydrogen-bond donors (Lipinski definition) is 1. The number of aliphatic hydroxyl groups is 1. The van der Waals surface area contributed by atoms with Crippen molar-refractivity contribution in [2.75, 3.05) is 13.1 Å². The van der Waals surface area contributed by atoms with Crippen molar-refractivity contribution >= 4 is 0 Å². The Balaban J connectivity index is 2.06. The Morgan fingerprint density at radius 3 is 2.32 bits per heavy atom. The van der Waals surface area contributed by atoms with E-state index in [1.165, 1.54) is 11.1 Å². The molecule has 0 radical (unpaired) electrons. The molecule has 0 bridgehead atoms. The third kappa shape index (κ3) is 5.28. The summed E-state index contributed by atoms with van der Waals surface area (Å²) >= 11 is 0. The van der Waals surface area contributed by atoms with Crippen LogP contribution in [-0.4, -0.2) is 23.1 Å². The summed E-state index contributed by atoms with van der Waals surface area (Å²) in [6.07, 6.45) is -0.440. The Morgan fingerprint density at radius 1 is 0.955 bits per heavy atom. The van der Waals surface area contributed by atoms with E-state index < -0.39 is 6.10 Å². The molecule has 0 fully saturated rings. The molecule has 1 unspecified atom stereocenters. The van der Waals surface area contributed by atoms with Crippen molar-refractivity contribution < 1.29 is 5.11 Å². The van der Waals surface area contributed by atoms with Crippen LogP contribution in [0.3, 0.4) is 0 Å². The van der Waals surface area contributed by atoms with Crippen molar-refractivity contribution in [3.05, 3.63) is 71.3 Å². The van der Waals surface area contributed by atoms with Gasteiger partial charge in [0.25, 0.3) is 0 Å². The Bertz CT molecular complexity index is 565. The molecule has 0 amide bonds. The van der Waals surface area contributed by atoms with Gasteiger partial charge in [0.05, 0.1) is 6.10 Å². The van der Waals surface area contributed by atoms with Crippen LogP contribution in [0.25, 0.3) is 0 Å². The van der Waals surface area contributed by atoms with Gasteiger partial charge in [-0.05, 0) is 24.0 Å². The molecule has 0 saturated heterocycles. The van der Waals surface area contributed by atoms with E-state index in [9.17, 15) is 5.11 Å². The van der Waals surface area contributed by atoms with Crippen molar-refractivity contribution in [2.24, 2.45) is 5.92 Å². The van der Waals surface area contributed by atoms with Crippen LogP contribution in [0.4, 0.5) is 0 Å². The first-order chi connectivity index (χ1) is 10.5. The van der Waals surface area contributed by atoms with Crippen LogP contribution < -0.4 is 0 Å². The summed E-state index contributed by atoms with van der Waals surface area (Å²) in [6, 6.07) is 18.5. The molecule has 1 N–H and O–H groups in total. The molecule has 22 heavy (non-hydrogen) atoms. The van der Waals surface area contributed by atoms with Crippen molar-refractivity contribution in [1.29, 1.82) is 0 Å². The van der Waals surface area contributed by atoms with Crippen LogP contribution >= 0.6 is 0 Å². The topological polar surface area (TPSA) is 23.5 Å². The van der Waals surface area contributed by atoms with Gasteiger partial charge >= 0.3 is 0 Å². The van der Waals surface area contributed by atoms with Gasteiger partial charge in [-0.3, -0.25) is 4.90 Å². The predicted octanol–water partition coefficient (Wildman–Crippen LogP) is 4.19. The number of nitrogens with zero attached hydrogens (tertiary/aromatic N) is 1. The second-order valence-electron chi connectivity index (χ2n) is 6.50. The zero-order chi connectivity index (χ0) is 15.9. The molecule has 2 aromatic carbocycles. The molecule has 2 rings (SSSR count). The molecule has 2 aromatic rings. The van der Waals surface area contributed by atoms with E-state index in [1.807, 2.05) is 30.3 Å². The van der Waals surface area contributed by atoms with E-state index in [0.29, 0.717) is 12.5 Å². The molecular weight excluding hydrogens is 270 g/mol. The Morgan fingerprint density at radius 2 is 1.68 bits per heavy atom. The molecule has 0 aliphatic rings. The minimum absolute atomic E-state index is 0.440. The fourth-order valence-electron chi connectivity index (χ4n) is 2.81. The number of rotatable bonds is 7. The van der Waals surface area contributed by atoms with Gasteiger partial charge in [-0.25, -0.2) is 0 Å². The third-order valence-corrected chi connectivity index (χ3v) is 3.73. The highest BCUT2D eigenvalue weighted by molar-refractivity contribution is 5.22. The quantitative estimate of drug-likeness (QED) is 0.828. The van der Waals surface area contributed by atoms with E-state index in [4.69, 9.17) is 0 Å². The molecule has 1 atom stereocenters. The van der Waals surface area contributed by atoms with Crippen molar-refractivity contribution in [1.82, 2.24) is 4.90 Å². The first-order valence-corrected chi connectivity index (χ1v) is 8.05. The summed E-state index contributed by atoms with van der Waals surface area (Å²) in [7, 11) is 0. The number of hydrogen-bond acceptors (Lipinski definition) is 2. The molecule has 0 aromatic heterocycles. The second-order valence-corrected chi connectivity index (χ2v) is 6.50. The number of aliphatic hydroxyl groups excluding tert-OH is 1. The van der Waals surface area contributed by atoms with Gasteiger partial charge in [0.1, 0.15) is 0 Å². The first kappa shape index (κ1) is 16.7. The van der Waals surface area contributed by atoms with Crippen molar-refractivity contribution in [3.8, 4) is 0 Å². The molecule has 2 heteroatoms. The maximum Gasteiger partial charge on any atom is 0.0917 e. The van der Waals surface area contributed by atoms with E-state index in [-0.39, 0.29) is 0 Å². The first-order valence-electron chi connectivity index (χ1n) is 8.05. The highest BCUT2D eigenvalue weighted by Crippen LogP contribution is 2.17. The molecule has 0 heterocycles. The Hall–Kier alpha value is -1.64. The van der Waals surface area contributed by atoms with Crippen LogP contribution in [0, 0.1) is 12.8 Å². The molecule has 118 valence electrons. The maximum atomic E-state index is 10.5. The monoisotopic (exact) mass is 297 g/mol. The molecule has 0 aliphatic heterocycles. The Labute approximate surface area is 134 Å². The van der Waals surface area contributed by atoms with E-state index in [1.54, 1.807) is 0 Å². The zero-order valence-corrected chi connectivity index (χ0v) is 13.9. The molecule has 0 spiro atoms. The lowest BCUT2D eigenvalue weighted by atomic mass is 10.1. The fraction of sp³-hybridized carbons (Fsp3) is 0.400. The summed E-state index contributed by atoms with van der Waals surface area (Å²) in [5.41, 5.74) is 3.58. The molecule has 0 saturated carbocycles. The zero-order valence-electron chi connectivity index (χ0n) is 13.9. The summed E-state index contributed by atoms with van der Waals surface area (Å²) < 4.78 is 0. The van der Waals surface area contributed by atoms with Crippen molar-refractivity contribution in [2.45, 2.75) is 33.4 Å². The predicted molar refractivity (Wildman–Crippen MR) is 92.7 cm³/mol. The SMILES string of the molecule is Cc1cccc(CN(CC(C)C)CC(O)c2ccccc2)c1. The van der Waals surface area contributed by atoms with Crippen LogP contribution in [-0.2, 0) is 6.54 Å². The summed E-state index contributed by atoms with van der Waals surface area (Å²) in [5.74, 6) is 0.577. The maximum absolute atomic E-state index is 10.5. The van der Waals surface area contributed by atoms with Gasteiger partial charge in [0, 0.05) is 19.6 Å². The van der Waals surface area contributed by atoms with Gasteiger partial charge in [-0.15, -0.1) is 0 Å². The molecule has 0 aliphatic carbocycles. The lowest BCUT2D eigenvalue weighted by Gasteiger charge is -2.27. The van der Waals surface area contributed by atoms with Gasteiger partial charge in [-0.2, -0.15) is 0 Å². The normalized spacial score (nSPS) is 12.8. The van der Waals surface area contributed by atoms with Gasteiger partial charge in [0.15, 0.2) is 0 Å².